The number of rotatable bonds is 8. The molecule has 0 heterocycles. The Labute approximate surface area is 203 Å². The van der Waals surface area contributed by atoms with Crippen LogP contribution < -0.4 is 0 Å². The summed E-state index contributed by atoms with van der Waals surface area (Å²) in [6.07, 6.45) is 9.74. The summed E-state index contributed by atoms with van der Waals surface area (Å²) in [6, 6.07) is 0. The van der Waals surface area contributed by atoms with Crippen molar-refractivity contribution >= 4 is 17.5 Å². The first-order valence-corrected chi connectivity index (χ1v) is 13.4. The number of fused-ring (bicyclic) bond motifs is 5. The van der Waals surface area contributed by atoms with Crippen LogP contribution in [-0.2, 0) is 19.1 Å². The lowest BCUT2D eigenvalue weighted by Gasteiger charge is -2.60. The molecule has 7 atom stereocenters. The first kappa shape index (κ1) is 25.6. The summed E-state index contributed by atoms with van der Waals surface area (Å²) in [5.41, 5.74) is -1.13. The number of hydrogen-bond donors (Lipinski definition) is 2. The van der Waals surface area contributed by atoms with Gasteiger partial charge < -0.3 is 14.9 Å². The average molecular weight is 475 g/mol. The Morgan fingerprint density at radius 2 is 1.88 bits per heavy atom. The minimum Gasteiger partial charge on any atom is -0.450 e. The molecule has 0 aromatic rings. The first-order chi connectivity index (χ1) is 16.1. The molecule has 2 N–H and O–H groups in total. The molecule has 3 fully saturated rings. The molecule has 4 aliphatic rings. The number of aliphatic hydroxyl groups is 2. The summed E-state index contributed by atoms with van der Waals surface area (Å²) in [5.74, 6) is -0.274. The average Bonchev–Trinajstić information content (AvgIpc) is 3.08. The van der Waals surface area contributed by atoms with Crippen LogP contribution in [0.1, 0.15) is 97.8 Å². The molecule has 0 aliphatic heterocycles. The number of aliphatic hydroxyl groups excluding tert-OH is 2. The van der Waals surface area contributed by atoms with E-state index in [1.165, 1.54) is 5.57 Å². The molecule has 0 saturated heterocycles. The number of carbonyl (C=O) groups is 3. The topological polar surface area (TPSA) is 101 Å². The maximum absolute atomic E-state index is 13.2. The molecule has 0 spiro atoms. The highest BCUT2D eigenvalue weighted by Crippen LogP contribution is 2.68. The summed E-state index contributed by atoms with van der Waals surface area (Å²) in [4.78, 5) is 38.2. The number of esters is 1. The fourth-order valence-corrected chi connectivity index (χ4v) is 8.43. The third-order valence-corrected chi connectivity index (χ3v) is 10.1. The van der Waals surface area contributed by atoms with Gasteiger partial charge in [-0.1, -0.05) is 45.6 Å². The lowest BCUT2D eigenvalue weighted by molar-refractivity contribution is -0.202. The number of hydrogen-bond acceptors (Lipinski definition) is 6. The molecule has 190 valence electrons. The molecule has 0 bridgehead atoms. The highest BCUT2D eigenvalue weighted by Gasteiger charge is 2.70. The third kappa shape index (κ3) is 3.89. The molecule has 0 unspecified atom stereocenters. The molecule has 0 radical (unpaired) electrons. The van der Waals surface area contributed by atoms with E-state index in [1.807, 2.05) is 13.0 Å². The smallest absolute Gasteiger partial charge is 0.306 e. The van der Waals surface area contributed by atoms with Crippen LogP contribution in [0.4, 0.5) is 0 Å². The second-order valence-corrected chi connectivity index (χ2v) is 11.8. The molecule has 0 aromatic carbocycles. The molecule has 4 rings (SSSR count). The van der Waals surface area contributed by atoms with Gasteiger partial charge in [-0.15, -0.1) is 0 Å². The molecule has 6 nitrogen and oxygen atoms in total. The Balaban J connectivity index is 1.63. The normalized spacial score (nSPS) is 41.2. The van der Waals surface area contributed by atoms with Crippen molar-refractivity contribution in [1.82, 2.24) is 0 Å². The second kappa shape index (κ2) is 9.50. The van der Waals surface area contributed by atoms with Crippen molar-refractivity contribution in [3.05, 3.63) is 11.6 Å². The van der Waals surface area contributed by atoms with Crippen molar-refractivity contribution in [3.8, 4) is 0 Å². The number of ether oxygens (including phenoxy) is 1. The van der Waals surface area contributed by atoms with Crippen LogP contribution in [0, 0.1) is 28.6 Å². The van der Waals surface area contributed by atoms with Gasteiger partial charge in [0.25, 0.3) is 0 Å². The predicted octanol–water partition coefficient (Wildman–Crippen LogP) is 4.30. The van der Waals surface area contributed by atoms with Gasteiger partial charge >= 0.3 is 5.97 Å². The molecule has 0 amide bonds. The monoisotopic (exact) mass is 474 g/mol. The van der Waals surface area contributed by atoms with Crippen molar-refractivity contribution < 1.29 is 29.3 Å². The number of unbranched alkanes of at least 4 members (excludes halogenated alkanes) is 3. The van der Waals surface area contributed by atoms with E-state index < -0.39 is 29.5 Å². The maximum Gasteiger partial charge on any atom is 0.306 e. The Kier molecular flexibility index (Phi) is 7.14. The zero-order valence-corrected chi connectivity index (χ0v) is 21.1. The standard InChI is InChI=1S/C28H42O6/c1-4-5-6-7-8-24(33)34-28(23(32)17-29)14-12-21-20-10-9-18-15-19(30)11-13-26(18,2)25(20)22(31)16-27(21,28)3/h15,20-22,25,29,31H,4-14,16-17H2,1-3H3/t20-,21-,22-,25+,26-,27-,28+/m0/s1. The van der Waals surface area contributed by atoms with Crippen LogP contribution in [0.5, 0.6) is 0 Å². The Hall–Kier alpha value is -1.53. The summed E-state index contributed by atoms with van der Waals surface area (Å²) in [6.45, 7) is 5.65. The summed E-state index contributed by atoms with van der Waals surface area (Å²) >= 11 is 0. The predicted molar refractivity (Wildman–Crippen MR) is 128 cm³/mol. The number of ketones is 2. The highest BCUT2D eigenvalue weighted by molar-refractivity contribution is 5.92. The molecule has 34 heavy (non-hydrogen) atoms. The molecule has 6 heteroatoms. The van der Waals surface area contributed by atoms with Crippen molar-refractivity contribution in [3.63, 3.8) is 0 Å². The molecule has 0 aromatic heterocycles. The van der Waals surface area contributed by atoms with Gasteiger partial charge in [-0.2, -0.15) is 0 Å². The lowest BCUT2D eigenvalue weighted by Crippen LogP contribution is -2.63. The van der Waals surface area contributed by atoms with Crippen molar-refractivity contribution in [2.24, 2.45) is 28.6 Å². The van der Waals surface area contributed by atoms with Gasteiger partial charge in [-0.05, 0) is 74.2 Å². The van der Waals surface area contributed by atoms with E-state index in [2.05, 4.69) is 13.8 Å². The largest absolute Gasteiger partial charge is 0.450 e. The third-order valence-electron chi connectivity index (χ3n) is 10.1. The van der Waals surface area contributed by atoms with Gasteiger partial charge in [-0.25, -0.2) is 0 Å². The van der Waals surface area contributed by atoms with Crippen molar-refractivity contribution in [1.29, 1.82) is 0 Å². The van der Waals surface area contributed by atoms with Crippen LogP contribution in [0.3, 0.4) is 0 Å². The van der Waals surface area contributed by atoms with Crippen LogP contribution in [0.15, 0.2) is 11.6 Å². The maximum atomic E-state index is 13.2. The fraction of sp³-hybridized carbons (Fsp3) is 0.821. The zero-order chi connectivity index (χ0) is 24.7. The van der Waals surface area contributed by atoms with Gasteiger partial charge in [-0.3, -0.25) is 14.4 Å². The van der Waals surface area contributed by atoms with Crippen LogP contribution in [0.2, 0.25) is 0 Å². The quantitative estimate of drug-likeness (QED) is 0.402. The highest BCUT2D eigenvalue weighted by atomic mass is 16.6. The molecule has 4 aliphatic carbocycles. The minimum absolute atomic E-state index is 0.0310. The second-order valence-electron chi connectivity index (χ2n) is 11.8. The zero-order valence-electron chi connectivity index (χ0n) is 21.1. The Morgan fingerprint density at radius 1 is 1.12 bits per heavy atom. The van der Waals surface area contributed by atoms with E-state index in [0.29, 0.717) is 19.3 Å². The number of carbonyl (C=O) groups excluding carboxylic acids is 3. The van der Waals surface area contributed by atoms with Gasteiger partial charge in [0.1, 0.15) is 6.61 Å². The summed E-state index contributed by atoms with van der Waals surface area (Å²) in [7, 11) is 0. The van der Waals surface area contributed by atoms with Gasteiger partial charge in [0.15, 0.2) is 11.4 Å². The molecule has 3 saturated carbocycles. The molecular formula is C28H42O6. The van der Waals surface area contributed by atoms with Crippen molar-refractivity contribution in [2.75, 3.05) is 6.61 Å². The minimum atomic E-state index is -1.38. The van der Waals surface area contributed by atoms with Gasteiger partial charge in [0.05, 0.1) is 6.10 Å². The summed E-state index contributed by atoms with van der Waals surface area (Å²) < 4.78 is 6.06. The SMILES string of the molecule is CCCCCCC(=O)O[C@@]1(C(=O)CO)CC[C@H]2[C@@H]3CCC4=CC(=O)CC[C@]4(C)[C@H]3[C@@H](O)C[C@@]21C. The summed E-state index contributed by atoms with van der Waals surface area (Å²) in [5, 5.41) is 21.5. The van der Waals surface area contributed by atoms with E-state index in [0.717, 1.165) is 51.4 Å². The van der Waals surface area contributed by atoms with Crippen molar-refractivity contribution in [2.45, 2.75) is 110 Å². The van der Waals surface area contributed by atoms with E-state index in [-0.39, 0.29) is 41.3 Å². The Bertz CT molecular complexity index is 863. The first-order valence-electron chi connectivity index (χ1n) is 13.4. The van der Waals surface area contributed by atoms with Gasteiger partial charge in [0, 0.05) is 18.3 Å². The van der Waals surface area contributed by atoms with E-state index in [9.17, 15) is 24.6 Å². The van der Waals surface area contributed by atoms with Crippen LogP contribution in [0.25, 0.3) is 0 Å². The number of allylic oxidation sites excluding steroid dienone is 1. The lowest BCUT2D eigenvalue weighted by atomic mass is 9.45. The molecular weight excluding hydrogens is 432 g/mol. The van der Waals surface area contributed by atoms with Crippen LogP contribution in [-0.4, -0.2) is 46.1 Å². The fourth-order valence-electron chi connectivity index (χ4n) is 8.43. The van der Waals surface area contributed by atoms with Gasteiger partial charge in [0.2, 0.25) is 5.78 Å². The Morgan fingerprint density at radius 3 is 2.59 bits per heavy atom. The number of Topliss-reactive ketones (excluding diaryl/α,β-unsaturated/α-hetero) is 1. The van der Waals surface area contributed by atoms with E-state index in [1.54, 1.807) is 0 Å². The van der Waals surface area contributed by atoms with E-state index >= 15 is 0 Å². The van der Waals surface area contributed by atoms with E-state index in [4.69, 9.17) is 4.74 Å². The van der Waals surface area contributed by atoms with Crippen LogP contribution >= 0.6 is 0 Å².